The molecule has 0 aliphatic carbocycles. The predicted molar refractivity (Wildman–Crippen MR) is 139 cm³/mol. The second-order valence-corrected chi connectivity index (χ2v) is 12.2. The SMILES string of the molecule is COc1cc(CC2COS(=O)(=O)OC2)ccc1Oc1ncnc(OC2CCN(C(=O)O)C(C(C)(C)C)C2)c1C. The van der Waals surface area contributed by atoms with Gasteiger partial charge in [-0.1, -0.05) is 26.8 Å². The zero-order chi connectivity index (χ0) is 28.4. The third-order valence-electron chi connectivity index (χ3n) is 6.92. The number of aromatic nitrogens is 2. The van der Waals surface area contributed by atoms with Crippen molar-refractivity contribution in [2.45, 2.75) is 59.1 Å². The molecule has 2 fully saturated rings. The first kappa shape index (κ1) is 28.8. The largest absolute Gasteiger partial charge is 0.493 e. The van der Waals surface area contributed by atoms with Crippen molar-refractivity contribution in [3.63, 3.8) is 0 Å². The van der Waals surface area contributed by atoms with Crippen molar-refractivity contribution in [2.24, 2.45) is 11.3 Å². The highest BCUT2D eigenvalue weighted by atomic mass is 32.3. The Balaban J connectivity index is 1.45. The molecule has 1 N–H and O–H groups in total. The second-order valence-electron chi connectivity index (χ2n) is 10.9. The van der Waals surface area contributed by atoms with Crippen LogP contribution in [0.1, 0.15) is 44.7 Å². The normalized spacial score (nSPS) is 21.8. The van der Waals surface area contributed by atoms with Crippen molar-refractivity contribution in [3.8, 4) is 23.3 Å². The summed E-state index contributed by atoms with van der Waals surface area (Å²) in [5, 5.41) is 9.63. The Labute approximate surface area is 228 Å². The predicted octanol–water partition coefficient (Wildman–Crippen LogP) is 3.97. The van der Waals surface area contributed by atoms with Crippen LogP contribution in [0, 0.1) is 18.3 Å². The van der Waals surface area contributed by atoms with Crippen LogP contribution in [0.15, 0.2) is 24.5 Å². The van der Waals surface area contributed by atoms with Crippen LogP contribution >= 0.6 is 0 Å². The summed E-state index contributed by atoms with van der Waals surface area (Å²) in [5.41, 5.74) is 1.27. The molecule has 1 aromatic carbocycles. The fourth-order valence-electron chi connectivity index (χ4n) is 4.81. The number of piperidine rings is 1. The zero-order valence-electron chi connectivity index (χ0n) is 22.7. The summed E-state index contributed by atoms with van der Waals surface area (Å²) in [6.07, 6.45) is 1.87. The summed E-state index contributed by atoms with van der Waals surface area (Å²) in [7, 11) is -2.36. The Morgan fingerprint density at radius 2 is 1.85 bits per heavy atom. The number of ether oxygens (including phenoxy) is 3. The van der Waals surface area contributed by atoms with Gasteiger partial charge in [0, 0.05) is 31.3 Å². The molecule has 2 saturated heterocycles. The number of likely N-dealkylation sites (tertiary alicyclic amines) is 1. The highest BCUT2D eigenvalue weighted by Gasteiger charge is 2.39. The summed E-state index contributed by atoms with van der Waals surface area (Å²) in [5.74, 6) is 1.49. The monoisotopic (exact) mass is 565 g/mol. The minimum Gasteiger partial charge on any atom is -0.493 e. The average Bonchev–Trinajstić information content (AvgIpc) is 2.87. The van der Waals surface area contributed by atoms with Crippen molar-refractivity contribution < 1.29 is 40.9 Å². The smallest absolute Gasteiger partial charge is 0.407 e. The topological polar surface area (TPSA) is 147 Å². The van der Waals surface area contributed by atoms with E-state index in [-0.39, 0.29) is 36.7 Å². The molecule has 1 amide bonds. The lowest BCUT2D eigenvalue weighted by molar-refractivity contribution is 0.0113. The first-order chi connectivity index (χ1) is 18.4. The Morgan fingerprint density at radius 1 is 1.15 bits per heavy atom. The van der Waals surface area contributed by atoms with Gasteiger partial charge in [-0.15, -0.1) is 0 Å². The quantitative estimate of drug-likeness (QED) is 0.520. The summed E-state index contributed by atoms with van der Waals surface area (Å²) < 4.78 is 50.0. The summed E-state index contributed by atoms with van der Waals surface area (Å²) >= 11 is 0. The maximum Gasteiger partial charge on any atom is 0.407 e. The van der Waals surface area contributed by atoms with E-state index in [2.05, 4.69) is 9.97 Å². The molecule has 1 aromatic heterocycles. The van der Waals surface area contributed by atoms with E-state index in [1.54, 1.807) is 13.0 Å². The number of amides is 1. The van der Waals surface area contributed by atoms with Gasteiger partial charge in [0.2, 0.25) is 11.8 Å². The second kappa shape index (κ2) is 11.5. The van der Waals surface area contributed by atoms with E-state index in [4.69, 9.17) is 22.6 Å². The molecule has 2 aliphatic heterocycles. The van der Waals surface area contributed by atoms with E-state index in [9.17, 15) is 18.3 Å². The highest BCUT2D eigenvalue weighted by molar-refractivity contribution is 7.81. The molecule has 0 bridgehead atoms. The van der Waals surface area contributed by atoms with Crippen LogP contribution in [-0.2, 0) is 25.2 Å². The van der Waals surface area contributed by atoms with Crippen molar-refractivity contribution in [2.75, 3.05) is 26.9 Å². The first-order valence-electron chi connectivity index (χ1n) is 12.7. The van der Waals surface area contributed by atoms with Gasteiger partial charge in [0.15, 0.2) is 11.5 Å². The maximum absolute atomic E-state index is 11.7. The van der Waals surface area contributed by atoms with Crippen molar-refractivity contribution >= 4 is 16.5 Å². The third kappa shape index (κ3) is 7.08. The van der Waals surface area contributed by atoms with Crippen LogP contribution < -0.4 is 14.2 Å². The zero-order valence-corrected chi connectivity index (χ0v) is 23.6. The van der Waals surface area contributed by atoms with Crippen LogP contribution in [-0.4, -0.2) is 73.5 Å². The molecule has 0 radical (unpaired) electrons. The van der Waals surface area contributed by atoms with E-state index in [0.29, 0.717) is 54.6 Å². The molecule has 4 rings (SSSR count). The van der Waals surface area contributed by atoms with E-state index in [0.717, 1.165) is 5.56 Å². The molecule has 39 heavy (non-hydrogen) atoms. The van der Waals surface area contributed by atoms with Crippen LogP contribution in [0.3, 0.4) is 0 Å². The molecule has 214 valence electrons. The summed E-state index contributed by atoms with van der Waals surface area (Å²) in [4.78, 5) is 21.8. The number of hydrogen-bond donors (Lipinski definition) is 1. The fourth-order valence-corrected chi connectivity index (χ4v) is 5.59. The lowest BCUT2D eigenvalue weighted by Crippen LogP contribution is -2.53. The number of benzene rings is 1. The number of carboxylic acid groups (broad SMARTS) is 1. The lowest BCUT2D eigenvalue weighted by Gasteiger charge is -2.44. The minimum absolute atomic E-state index is 0.0532. The van der Waals surface area contributed by atoms with E-state index in [1.165, 1.54) is 18.3 Å². The van der Waals surface area contributed by atoms with Crippen LogP contribution in [0.5, 0.6) is 23.3 Å². The molecule has 0 saturated carbocycles. The third-order valence-corrected chi connectivity index (χ3v) is 7.77. The molecule has 2 unspecified atom stereocenters. The number of hydrogen-bond acceptors (Lipinski definition) is 10. The summed E-state index contributed by atoms with van der Waals surface area (Å²) in [6.45, 7) is 8.37. The van der Waals surface area contributed by atoms with Gasteiger partial charge in [-0.05, 0) is 36.5 Å². The number of carbonyl (C=O) groups is 1. The molecule has 3 heterocycles. The molecule has 2 aliphatic rings. The van der Waals surface area contributed by atoms with Gasteiger partial charge in [-0.25, -0.2) is 23.1 Å². The van der Waals surface area contributed by atoms with Crippen LogP contribution in [0.2, 0.25) is 0 Å². The molecule has 2 atom stereocenters. The number of methoxy groups -OCH3 is 1. The molecule has 2 aromatic rings. The van der Waals surface area contributed by atoms with Gasteiger partial charge in [-0.3, -0.25) is 0 Å². The summed E-state index contributed by atoms with van der Waals surface area (Å²) in [6, 6.07) is 5.24. The molecular formula is C26H35N3O9S. The van der Waals surface area contributed by atoms with Gasteiger partial charge in [0.05, 0.1) is 25.9 Å². The number of nitrogens with zero attached hydrogens (tertiary/aromatic N) is 3. The molecule has 0 spiro atoms. The highest BCUT2D eigenvalue weighted by Crippen LogP contribution is 2.37. The van der Waals surface area contributed by atoms with Crippen molar-refractivity contribution in [3.05, 3.63) is 35.7 Å². The van der Waals surface area contributed by atoms with Crippen molar-refractivity contribution in [1.29, 1.82) is 0 Å². The standard InChI is InChI=1S/C26H35N3O9S/c1-16-23(37-19-8-9-29(25(30)31)22(12-19)26(2,3)4)27-15-28-24(16)38-20-7-6-17(11-21(20)34-5)10-18-13-35-39(32,33)36-14-18/h6-7,11,15,18-19,22H,8-10,12-14H2,1-5H3,(H,30,31). The maximum atomic E-state index is 11.7. The van der Waals surface area contributed by atoms with E-state index >= 15 is 0 Å². The number of rotatable bonds is 7. The molecule has 13 heteroatoms. The van der Waals surface area contributed by atoms with Crippen LogP contribution in [0.4, 0.5) is 4.79 Å². The van der Waals surface area contributed by atoms with Gasteiger partial charge in [0.1, 0.15) is 12.4 Å². The van der Waals surface area contributed by atoms with E-state index in [1.807, 2.05) is 32.9 Å². The Kier molecular flexibility index (Phi) is 8.52. The van der Waals surface area contributed by atoms with Crippen LogP contribution in [0.25, 0.3) is 0 Å². The molecular weight excluding hydrogens is 530 g/mol. The Hall–Kier alpha value is -3.16. The fraction of sp³-hybridized carbons (Fsp3) is 0.577. The average molecular weight is 566 g/mol. The van der Waals surface area contributed by atoms with Gasteiger partial charge < -0.3 is 24.2 Å². The van der Waals surface area contributed by atoms with Gasteiger partial charge in [0.25, 0.3) is 0 Å². The first-order valence-corrected chi connectivity index (χ1v) is 14.1. The Morgan fingerprint density at radius 3 is 2.49 bits per heavy atom. The minimum atomic E-state index is -3.89. The Bertz CT molecular complexity index is 1280. The van der Waals surface area contributed by atoms with Crippen molar-refractivity contribution in [1.82, 2.24) is 14.9 Å². The van der Waals surface area contributed by atoms with Gasteiger partial charge in [-0.2, -0.15) is 8.42 Å². The van der Waals surface area contributed by atoms with E-state index < -0.39 is 16.5 Å². The molecule has 12 nitrogen and oxygen atoms in total. The van der Waals surface area contributed by atoms with Gasteiger partial charge >= 0.3 is 16.5 Å². The lowest BCUT2D eigenvalue weighted by atomic mass is 9.80.